The van der Waals surface area contributed by atoms with Crippen LogP contribution in [0.2, 0.25) is 0 Å². The van der Waals surface area contributed by atoms with Crippen LogP contribution < -0.4 is 0 Å². The Hall–Kier alpha value is -0.420. The maximum atomic E-state index is 6.30. The Morgan fingerprint density at radius 2 is 2.14 bits per heavy atom. The molecule has 2 aliphatic heterocycles. The number of nitrogens with zero attached hydrogens (tertiary/aromatic N) is 1. The second kappa shape index (κ2) is 6.37. The van der Waals surface area contributed by atoms with Crippen molar-refractivity contribution in [1.82, 2.24) is 4.90 Å². The SMILES string of the molecule is c1cc(CN2CC[C@@H]3O[C@H](COCC4CC4)CC[C@@H]32)cs1. The maximum Gasteiger partial charge on any atom is 0.0813 e. The van der Waals surface area contributed by atoms with E-state index >= 15 is 0 Å². The zero-order chi connectivity index (χ0) is 14.1. The molecule has 0 spiro atoms. The normalized spacial score (nSPS) is 33.2. The molecule has 0 unspecified atom stereocenters. The van der Waals surface area contributed by atoms with Gasteiger partial charge in [-0.25, -0.2) is 0 Å². The lowest BCUT2D eigenvalue weighted by Crippen LogP contribution is -2.43. The first kappa shape index (κ1) is 14.2. The first-order valence-corrected chi connectivity index (χ1v) is 9.31. The van der Waals surface area contributed by atoms with E-state index in [0.717, 1.165) is 32.1 Å². The highest BCUT2D eigenvalue weighted by Crippen LogP contribution is 2.33. The summed E-state index contributed by atoms with van der Waals surface area (Å²) in [7, 11) is 0. The van der Waals surface area contributed by atoms with Crippen LogP contribution in [0.3, 0.4) is 0 Å². The molecule has 2 saturated heterocycles. The fourth-order valence-electron chi connectivity index (χ4n) is 3.67. The van der Waals surface area contributed by atoms with Gasteiger partial charge in [-0.05, 0) is 60.4 Å². The smallest absolute Gasteiger partial charge is 0.0813 e. The third-order valence-electron chi connectivity index (χ3n) is 5.07. The molecule has 3 aliphatic rings. The molecule has 0 N–H and O–H groups in total. The van der Waals surface area contributed by atoms with E-state index in [1.165, 1.54) is 37.8 Å². The average molecular weight is 307 g/mol. The van der Waals surface area contributed by atoms with Crippen molar-refractivity contribution in [2.75, 3.05) is 19.8 Å². The third kappa shape index (κ3) is 3.50. The number of fused-ring (bicyclic) bond motifs is 1. The van der Waals surface area contributed by atoms with E-state index in [2.05, 4.69) is 21.7 Å². The van der Waals surface area contributed by atoms with Crippen molar-refractivity contribution in [3.05, 3.63) is 22.4 Å². The zero-order valence-electron chi connectivity index (χ0n) is 12.6. The summed E-state index contributed by atoms with van der Waals surface area (Å²) in [6.45, 7) is 4.04. The number of thiophene rings is 1. The molecular formula is C17H25NO2S. The number of hydrogen-bond acceptors (Lipinski definition) is 4. The largest absolute Gasteiger partial charge is 0.378 e. The standard InChI is InChI=1S/C17H25NO2S/c1-2-13(1)10-19-11-15-3-4-16-17(20-15)5-7-18(16)9-14-6-8-21-12-14/h6,8,12-13,15-17H,1-5,7,9-11H2/t15-,16-,17-/m0/s1. The van der Waals surface area contributed by atoms with Gasteiger partial charge in [0.1, 0.15) is 0 Å². The minimum Gasteiger partial charge on any atom is -0.378 e. The predicted molar refractivity (Wildman–Crippen MR) is 84.6 cm³/mol. The van der Waals surface area contributed by atoms with Gasteiger partial charge in [0.2, 0.25) is 0 Å². The molecule has 1 aromatic heterocycles. The summed E-state index contributed by atoms with van der Waals surface area (Å²) in [5, 5.41) is 4.44. The summed E-state index contributed by atoms with van der Waals surface area (Å²) >= 11 is 1.79. The molecule has 0 aromatic carbocycles. The second-order valence-electron chi connectivity index (χ2n) is 6.81. The van der Waals surface area contributed by atoms with Crippen LogP contribution in [0.15, 0.2) is 16.8 Å². The highest BCUT2D eigenvalue weighted by atomic mass is 32.1. The molecule has 3 fully saturated rings. The quantitative estimate of drug-likeness (QED) is 0.805. The van der Waals surface area contributed by atoms with E-state index in [1.54, 1.807) is 11.3 Å². The molecule has 3 atom stereocenters. The van der Waals surface area contributed by atoms with Gasteiger partial charge in [-0.3, -0.25) is 4.90 Å². The number of ether oxygens (including phenoxy) is 2. The van der Waals surface area contributed by atoms with Gasteiger partial charge in [0.15, 0.2) is 0 Å². The lowest BCUT2D eigenvalue weighted by Gasteiger charge is -2.36. The lowest BCUT2D eigenvalue weighted by atomic mass is 9.99. The molecule has 1 saturated carbocycles. The lowest BCUT2D eigenvalue weighted by molar-refractivity contribution is -0.101. The molecule has 0 bridgehead atoms. The summed E-state index contributed by atoms with van der Waals surface area (Å²) in [5.41, 5.74) is 1.45. The fourth-order valence-corrected chi connectivity index (χ4v) is 4.33. The van der Waals surface area contributed by atoms with Gasteiger partial charge < -0.3 is 9.47 Å². The van der Waals surface area contributed by atoms with E-state index in [1.807, 2.05) is 0 Å². The van der Waals surface area contributed by atoms with Gasteiger partial charge in [-0.1, -0.05) is 0 Å². The van der Waals surface area contributed by atoms with Crippen LogP contribution in [0, 0.1) is 5.92 Å². The van der Waals surface area contributed by atoms with Gasteiger partial charge in [-0.15, -0.1) is 0 Å². The maximum absolute atomic E-state index is 6.30. The van der Waals surface area contributed by atoms with Crippen molar-refractivity contribution in [2.24, 2.45) is 5.92 Å². The summed E-state index contributed by atoms with van der Waals surface area (Å²) in [6.07, 6.45) is 7.13. The third-order valence-corrected chi connectivity index (χ3v) is 5.80. The van der Waals surface area contributed by atoms with Crippen molar-refractivity contribution in [3.8, 4) is 0 Å². The van der Waals surface area contributed by atoms with Crippen molar-refractivity contribution in [1.29, 1.82) is 0 Å². The van der Waals surface area contributed by atoms with Crippen molar-refractivity contribution >= 4 is 11.3 Å². The van der Waals surface area contributed by atoms with Crippen LogP contribution >= 0.6 is 11.3 Å². The number of rotatable bonds is 6. The van der Waals surface area contributed by atoms with E-state index in [4.69, 9.17) is 9.47 Å². The average Bonchev–Trinajstić information content (AvgIpc) is 3.03. The van der Waals surface area contributed by atoms with Crippen molar-refractivity contribution in [3.63, 3.8) is 0 Å². The first-order chi connectivity index (χ1) is 10.4. The Labute approximate surface area is 131 Å². The van der Waals surface area contributed by atoms with Crippen LogP contribution in [0.25, 0.3) is 0 Å². The Kier molecular flexibility index (Phi) is 4.30. The molecule has 0 amide bonds. The van der Waals surface area contributed by atoms with Crippen LogP contribution in [-0.2, 0) is 16.0 Å². The highest BCUT2D eigenvalue weighted by Gasteiger charge is 2.39. The second-order valence-corrected chi connectivity index (χ2v) is 7.59. The molecule has 4 heteroatoms. The van der Waals surface area contributed by atoms with Crippen LogP contribution in [0.1, 0.15) is 37.7 Å². The van der Waals surface area contributed by atoms with Gasteiger partial charge in [0, 0.05) is 25.7 Å². The summed E-state index contributed by atoms with van der Waals surface area (Å²) in [6, 6.07) is 2.88. The van der Waals surface area contributed by atoms with Gasteiger partial charge in [0.25, 0.3) is 0 Å². The molecule has 3 heterocycles. The molecule has 4 rings (SSSR count). The summed E-state index contributed by atoms with van der Waals surface area (Å²) in [4.78, 5) is 2.62. The van der Waals surface area contributed by atoms with E-state index in [-0.39, 0.29) is 0 Å². The summed E-state index contributed by atoms with van der Waals surface area (Å²) in [5.74, 6) is 0.855. The van der Waals surface area contributed by atoms with Crippen molar-refractivity contribution < 1.29 is 9.47 Å². The predicted octanol–water partition coefficient (Wildman–Crippen LogP) is 3.30. The van der Waals surface area contributed by atoms with E-state index < -0.39 is 0 Å². The fraction of sp³-hybridized carbons (Fsp3) is 0.765. The van der Waals surface area contributed by atoms with Crippen LogP contribution in [0.5, 0.6) is 0 Å². The van der Waals surface area contributed by atoms with E-state index in [9.17, 15) is 0 Å². The molecule has 1 aliphatic carbocycles. The molecule has 116 valence electrons. The number of likely N-dealkylation sites (tertiary alicyclic amines) is 1. The Bertz CT molecular complexity index is 446. The molecule has 1 aromatic rings. The molecule has 21 heavy (non-hydrogen) atoms. The minimum atomic E-state index is 0.339. The monoisotopic (exact) mass is 307 g/mol. The zero-order valence-corrected chi connectivity index (χ0v) is 13.4. The van der Waals surface area contributed by atoms with Gasteiger partial charge >= 0.3 is 0 Å². The Balaban J connectivity index is 1.25. The van der Waals surface area contributed by atoms with E-state index in [0.29, 0.717) is 18.2 Å². The van der Waals surface area contributed by atoms with Crippen LogP contribution in [0.4, 0.5) is 0 Å². The molecule has 0 radical (unpaired) electrons. The van der Waals surface area contributed by atoms with Crippen LogP contribution in [-0.4, -0.2) is 42.9 Å². The molecular weight excluding hydrogens is 282 g/mol. The first-order valence-electron chi connectivity index (χ1n) is 8.37. The van der Waals surface area contributed by atoms with Gasteiger partial charge in [0.05, 0.1) is 18.8 Å². The van der Waals surface area contributed by atoms with Crippen molar-refractivity contribution in [2.45, 2.75) is 56.9 Å². The Morgan fingerprint density at radius 3 is 2.95 bits per heavy atom. The number of hydrogen-bond donors (Lipinski definition) is 0. The topological polar surface area (TPSA) is 21.7 Å². The minimum absolute atomic E-state index is 0.339. The summed E-state index contributed by atoms with van der Waals surface area (Å²) < 4.78 is 12.1. The van der Waals surface area contributed by atoms with Gasteiger partial charge in [-0.2, -0.15) is 11.3 Å². The highest BCUT2D eigenvalue weighted by molar-refractivity contribution is 7.07. The Morgan fingerprint density at radius 1 is 1.19 bits per heavy atom. The molecule has 3 nitrogen and oxygen atoms in total.